The number of aliphatic hydroxyl groups excluding tert-OH is 1. The molecular formula is C33H50O7. The van der Waals surface area contributed by atoms with E-state index in [1.165, 1.54) is 7.11 Å². The Bertz CT molecular complexity index is 1030. The standard InChI is InChI=1S/C33H50O7/c1-18(2)30(36)39-22-13-14-32(6)21(15-22)16-26(34)29-24-11-10-23(20(5)9-12-28(35)38-8)33(24,7)27(17-25(29)32)40-31(37)19(3)4/h20-27,29,34H,1,3,9-17H2,2,4-8H3/t20-,21+,22-,23-,24+,25+,26-,27+,29+,32+,33-/m1/s1. The van der Waals surface area contributed by atoms with Crippen LogP contribution in [0.15, 0.2) is 24.3 Å². The van der Waals surface area contributed by atoms with E-state index in [1.54, 1.807) is 13.8 Å². The lowest BCUT2D eigenvalue weighted by Crippen LogP contribution is -2.63. The molecule has 4 fully saturated rings. The van der Waals surface area contributed by atoms with Crippen LogP contribution in [0, 0.1) is 46.3 Å². The molecule has 0 radical (unpaired) electrons. The predicted molar refractivity (Wildman–Crippen MR) is 152 cm³/mol. The van der Waals surface area contributed by atoms with Crippen molar-refractivity contribution in [1.82, 2.24) is 0 Å². The minimum absolute atomic E-state index is 0.0418. The summed E-state index contributed by atoms with van der Waals surface area (Å²) in [4.78, 5) is 37.1. The van der Waals surface area contributed by atoms with Crippen molar-refractivity contribution in [1.29, 1.82) is 0 Å². The molecule has 40 heavy (non-hydrogen) atoms. The van der Waals surface area contributed by atoms with Crippen LogP contribution in [0.2, 0.25) is 0 Å². The minimum atomic E-state index is -0.454. The Kier molecular flexibility index (Phi) is 8.95. The van der Waals surface area contributed by atoms with Crippen LogP contribution in [0.5, 0.6) is 0 Å². The molecule has 224 valence electrons. The number of carbonyl (C=O) groups excluding carboxylic acids is 3. The molecule has 0 aromatic carbocycles. The molecule has 1 N–H and O–H groups in total. The molecule has 4 aliphatic carbocycles. The molecule has 0 heterocycles. The van der Waals surface area contributed by atoms with Gasteiger partial charge in [0, 0.05) is 23.0 Å². The molecule has 0 unspecified atom stereocenters. The van der Waals surface area contributed by atoms with Crippen molar-refractivity contribution in [3.63, 3.8) is 0 Å². The number of carbonyl (C=O) groups is 3. The molecule has 7 heteroatoms. The van der Waals surface area contributed by atoms with Crippen LogP contribution in [-0.4, -0.2) is 48.4 Å². The first kappa shape index (κ1) is 30.8. The fourth-order valence-electron chi connectivity index (χ4n) is 9.50. The summed E-state index contributed by atoms with van der Waals surface area (Å²) < 4.78 is 17.0. The second kappa shape index (κ2) is 11.6. The molecule has 0 amide bonds. The summed E-state index contributed by atoms with van der Waals surface area (Å²) in [6.45, 7) is 17.7. The zero-order valence-electron chi connectivity index (χ0n) is 25.4. The summed E-state index contributed by atoms with van der Waals surface area (Å²) in [6.07, 6.45) is 5.98. The smallest absolute Gasteiger partial charge is 0.333 e. The second-order valence-electron chi connectivity index (χ2n) is 13.9. The fourth-order valence-corrected chi connectivity index (χ4v) is 9.50. The Balaban J connectivity index is 1.63. The Morgan fingerprint density at radius 2 is 1.60 bits per heavy atom. The molecule has 0 aromatic heterocycles. The highest BCUT2D eigenvalue weighted by Crippen LogP contribution is 2.69. The van der Waals surface area contributed by atoms with Gasteiger partial charge in [0.2, 0.25) is 0 Å². The van der Waals surface area contributed by atoms with Crippen molar-refractivity contribution >= 4 is 17.9 Å². The second-order valence-corrected chi connectivity index (χ2v) is 13.9. The quantitative estimate of drug-likeness (QED) is 0.229. The lowest BCUT2D eigenvalue weighted by atomic mass is 9.43. The molecule has 7 nitrogen and oxygen atoms in total. The van der Waals surface area contributed by atoms with Crippen LogP contribution in [-0.2, 0) is 28.6 Å². The SMILES string of the molecule is C=C(C)C(=O)O[C@@H]1CC[C@@]2(C)[C@@H](C1)C[C@@H](O)[C@@H]1[C@@H]2C[C@H](OC(=O)C(=C)C)[C@]2(C)[C@@H]([C@H](C)CCC(=O)OC)CC[C@@H]12. The topological polar surface area (TPSA) is 99.1 Å². The first-order chi connectivity index (χ1) is 18.7. The summed E-state index contributed by atoms with van der Waals surface area (Å²) in [6, 6.07) is 0. The van der Waals surface area contributed by atoms with Crippen molar-refractivity contribution in [3.05, 3.63) is 24.3 Å². The van der Waals surface area contributed by atoms with Gasteiger partial charge >= 0.3 is 17.9 Å². The molecule has 11 atom stereocenters. The summed E-state index contributed by atoms with van der Waals surface area (Å²) >= 11 is 0. The van der Waals surface area contributed by atoms with Crippen LogP contribution >= 0.6 is 0 Å². The van der Waals surface area contributed by atoms with E-state index < -0.39 is 6.10 Å². The highest BCUT2D eigenvalue weighted by atomic mass is 16.5. The van der Waals surface area contributed by atoms with Crippen LogP contribution in [0.3, 0.4) is 0 Å². The minimum Gasteiger partial charge on any atom is -0.469 e. The molecule has 4 saturated carbocycles. The van der Waals surface area contributed by atoms with Gasteiger partial charge in [0.25, 0.3) is 0 Å². The Morgan fingerprint density at radius 1 is 0.950 bits per heavy atom. The normalized spacial score (nSPS) is 41.0. The number of rotatable bonds is 8. The average molecular weight is 559 g/mol. The summed E-state index contributed by atoms with van der Waals surface area (Å²) in [5.74, 6) is 0.366. The zero-order valence-corrected chi connectivity index (χ0v) is 25.4. The van der Waals surface area contributed by atoms with E-state index in [2.05, 4.69) is 33.9 Å². The van der Waals surface area contributed by atoms with E-state index in [1.807, 2.05) is 0 Å². The maximum atomic E-state index is 13.0. The highest BCUT2D eigenvalue weighted by molar-refractivity contribution is 5.87. The Morgan fingerprint density at radius 3 is 2.23 bits per heavy atom. The monoisotopic (exact) mass is 558 g/mol. The van der Waals surface area contributed by atoms with E-state index in [9.17, 15) is 19.5 Å². The van der Waals surface area contributed by atoms with E-state index in [0.717, 1.165) is 38.5 Å². The van der Waals surface area contributed by atoms with Gasteiger partial charge < -0.3 is 19.3 Å². The van der Waals surface area contributed by atoms with E-state index in [-0.39, 0.29) is 76.5 Å². The third-order valence-corrected chi connectivity index (χ3v) is 11.7. The first-order valence-electron chi connectivity index (χ1n) is 15.2. The van der Waals surface area contributed by atoms with Crippen molar-refractivity contribution in [2.24, 2.45) is 46.3 Å². The number of ether oxygens (including phenoxy) is 3. The third-order valence-electron chi connectivity index (χ3n) is 11.7. The van der Waals surface area contributed by atoms with Gasteiger partial charge in [0.1, 0.15) is 12.2 Å². The third kappa shape index (κ3) is 5.39. The Labute approximate surface area is 240 Å². The molecular weight excluding hydrogens is 508 g/mol. The molecule has 0 saturated heterocycles. The van der Waals surface area contributed by atoms with Gasteiger partial charge in [-0.05, 0) is 106 Å². The van der Waals surface area contributed by atoms with E-state index in [4.69, 9.17) is 14.2 Å². The van der Waals surface area contributed by atoms with Gasteiger partial charge in [-0.15, -0.1) is 0 Å². The predicted octanol–water partition coefficient (Wildman–Crippen LogP) is 5.79. The number of hydrogen-bond acceptors (Lipinski definition) is 7. The van der Waals surface area contributed by atoms with Crippen molar-refractivity contribution in [2.45, 2.75) is 111 Å². The average Bonchev–Trinajstić information content (AvgIpc) is 3.26. The van der Waals surface area contributed by atoms with E-state index >= 15 is 0 Å². The van der Waals surface area contributed by atoms with Gasteiger partial charge in [-0.1, -0.05) is 33.9 Å². The lowest BCUT2D eigenvalue weighted by molar-refractivity contribution is -0.217. The van der Waals surface area contributed by atoms with E-state index in [0.29, 0.717) is 30.4 Å². The van der Waals surface area contributed by atoms with Gasteiger partial charge in [0.15, 0.2) is 0 Å². The number of methoxy groups -OCH3 is 1. The van der Waals surface area contributed by atoms with Gasteiger partial charge in [-0.2, -0.15) is 0 Å². The van der Waals surface area contributed by atoms with Gasteiger partial charge in [-0.3, -0.25) is 4.79 Å². The molecule has 0 bridgehead atoms. The largest absolute Gasteiger partial charge is 0.469 e. The van der Waals surface area contributed by atoms with Gasteiger partial charge in [-0.25, -0.2) is 9.59 Å². The summed E-state index contributed by atoms with van der Waals surface area (Å²) in [5.41, 5.74) is 0.450. The van der Waals surface area contributed by atoms with Crippen molar-refractivity contribution in [3.8, 4) is 0 Å². The summed E-state index contributed by atoms with van der Waals surface area (Å²) in [5, 5.41) is 11.8. The summed E-state index contributed by atoms with van der Waals surface area (Å²) in [7, 11) is 1.42. The number of hydrogen-bond donors (Lipinski definition) is 1. The van der Waals surface area contributed by atoms with Crippen LogP contribution in [0.1, 0.15) is 92.4 Å². The van der Waals surface area contributed by atoms with Crippen molar-refractivity contribution < 1.29 is 33.7 Å². The molecule has 0 spiro atoms. The number of fused-ring (bicyclic) bond motifs is 5. The first-order valence-corrected chi connectivity index (χ1v) is 15.2. The fraction of sp³-hybridized carbons (Fsp3) is 0.788. The highest BCUT2D eigenvalue weighted by Gasteiger charge is 2.67. The maximum Gasteiger partial charge on any atom is 0.333 e. The Hall–Kier alpha value is -2.15. The molecule has 4 rings (SSSR count). The van der Waals surface area contributed by atoms with Crippen molar-refractivity contribution in [2.75, 3.05) is 7.11 Å². The zero-order chi connectivity index (χ0) is 29.6. The van der Waals surface area contributed by atoms with Crippen LogP contribution in [0.4, 0.5) is 0 Å². The molecule has 0 aromatic rings. The van der Waals surface area contributed by atoms with Gasteiger partial charge in [0.05, 0.1) is 13.2 Å². The molecule has 0 aliphatic heterocycles. The lowest BCUT2D eigenvalue weighted by Gasteiger charge is -2.64. The molecule has 4 aliphatic rings. The maximum absolute atomic E-state index is 13.0. The van der Waals surface area contributed by atoms with Crippen LogP contribution in [0.25, 0.3) is 0 Å². The number of aliphatic hydroxyl groups is 1. The number of esters is 3. The van der Waals surface area contributed by atoms with Crippen LogP contribution < -0.4 is 0 Å².